The molecule has 0 bridgehead atoms. The number of nitrogens with zero attached hydrogens (tertiary/aromatic N) is 2. The van der Waals surface area contributed by atoms with Gasteiger partial charge in [0.15, 0.2) is 11.5 Å². The average molecular weight is 579 g/mol. The van der Waals surface area contributed by atoms with E-state index in [2.05, 4.69) is 35.2 Å². The van der Waals surface area contributed by atoms with Gasteiger partial charge in [-0.3, -0.25) is 4.79 Å². The standard InChI is InChI=1S/C36H38N2O5/c1-5-43-32-14-10-9-13-31(32)37-19-21-38(22-20-37)36(39)30(23-26-24-33(40-2)35(42-4)34(25-26)41-3)29-17-15-28(16-18-29)27-11-7-6-8-12-27/h6-18,23-25H,5,19-22H2,1-4H3. The number of hydrogen-bond donors (Lipinski definition) is 0. The molecule has 0 N–H and O–H groups in total. The maximum atomic E-state index is 14.2. The summed E-state index contributed by atoms with van der Waals surface area (Å²) in [5, 5.41) is 0. The summed E-state index contributed by atoms with van der Waals surface area (Å²) in [6.45, 7) is 5.19. The second-order valence-electron chi connectivity index (χ2n) is 10.1. The summed E-state index contributed by atoms with van der Waals surface area (Å²) in [7, 11) is 4.75. The number of carbonyl (C=O) groups excluding carboxylic acids is 1. The average Bonchev–Trinajstić information content (AvgIpc) is 3.07. The molecule has 0 unspecified atom stereocenters. The molecule has 4 aromatic carbocycles. The fourth-order valence-electron chi connectivity index (χ4n) is 5.41. The van der Waals surface area contributed by atoms with Crippen LogP contribution in [0.5, 0.6) is 23.0 Å². The smallest absolute Gasteiger partial charge is 0.254 e. The highest BCUT2D eigenvalue weighted by atomic mass is 16.5. The number of para-hydroxylation sites is 2. The number of hydrogen-bond acceptors (Lipinski definition) is 6. The van der Waals surface area contributed by atoms with Gasteiger partial charge in [0.25, 0.3) is 5.91 Å². The van der Waals surface area contributed by atoms with Crippen molar-refractivity contribution < 1.29 is 23.7 Å². The zero-order valence-corrected chi connectivity index (χ0v) is 25.2. The summed E-state index contributed by atoms with van der Waals surface area (Å²) < 4.78 is 22.5. The first-order valence-electron chi connectivity index (χ1n) is 14.5. The van der Waals surface area contributed by atoms with E-state index in [9.17, 15) is 4.79 Å². The van der Waals surface area contributed by atoms with Crippen LogP contribution < -0.4 is 23.8 Å². The summed E-state index contributed by atoms with van der Waals surface area (Å²) in [6, 6.07) is 30.1. The Morgan fingerprint density at radius 3 is 1.93 bits per heavy atom. The molecule has 1 aliphatic heterocycles. The highest BCUT2D eigenvalue weighted by Gasteiger charge is 2.26. The van der Waals surface area contributed by atoms with Crippen molar-refractivity contribution in [3.05, 3.63) is 102 Å². The third kappa shape index (κ3) is 6.61. The second kappa shape index (κ2) is 13.8. The van der Waals surface area contributed by atoms with E-state index in [1.165, 1.54) is 0 Å². The Morgan fingerprint density at radius 2 is 1.33 bits per heavy atom. The van der Waals surface area contributed by atoms with Gasteiger partial charge < -0.3 is 28.7 Å². The number of ether oxygens (including phenoxy) is 4. The molecule has 43 heavy (non-hydrogen) atoms. The predicted molar refractivity (Wildman–Crippen MR) is 172 cm³/mol. The third-order valence-electron chi connectivity index (χ3n) is 7.60. The molecule has 5 rings (SSSR count). The molecule has 222 valence electrons. The minimum Gasteiger partial charge on any atom is -0.493 e. The van der Waals surface area contributed by atoms with Crippen LogP contribution in [0.15, 0.2) is 91.0 Å². The van der Waals surface area contributed by atoms with Crippen molar-refractivity contribution >= 4 is 23.2 Å². The summed E-state index contributed by atoms with van der Waals surface area (Å²) in [4.78, 5) is 18.4. The number of anilines is 1. The van der Waals surface area contributed by atoms with Crippen LogP contribution in [-0.4, -0.2) is 64.9 Å². The predicted octanol–water partition coefficient (Wildman–Crippen LogP) is 6.67. The molecule has 4 aromatic rings. The molecule has 0 aliphatic carbocycles. The SMILES string of the molecule is CCOc1ccccc1N1CCN(C(=O)C(=Cc2cc(OC)c(OC)c(OC)c2)c2ccc(-c3ccccc3)cc2)CC1. The molecule has 1 saturated heterocycles. The molecule has 7 nitrogen and oxygen atoms in total. The number of amides is 1. The first-order chi connectivity index (χ1) is 21.1. The third-order valence-corrected chi connectivity index (χ3v) is 7.60. The van der Waals surface area contributed by atoms with Crippen LogP contribution >= 0.6 is 0 Å². The van der Waals surface area contributed by atoms with E-state index in [1.54, 1.807) is 21.3 Å². The van der Waals surface area contributed by atoms with Crippen molar-refractivity contribution in [3.63, 3.8) is 0 Å². The zero-order valence-electron chi connectivity index (χ0n) is 25.2. The Balaban J connectivity index is 1.47. The number of piperazine rings is 1. The molecule has 0 atom stereocenters. The molecule has 1 aliphatic rings. The fourth-order valence-corrected chi connectivity index (χ4v) is 5.41. The number of benzene rings is 4. The van der Waals surface area contributed by atoms with Crippen molar-refractivity contribution in [2.75, 3.05) is 59.0 Å². The molecule has 1 heterocycles. The number of methoxy groups -OCH3 is 3. The van der Waals surface area contributed by atoms with E-state index in [4.69, 9.17) is 18.9 Å². The van der Waals surface area contributed by atoms with E-state index in [0.717, 1.165) is 33.7 Å². The van der Waals surface area contributed by atoms with Crippen molar-refractivity contribution in [1.29, 1.82) is 0 Å². The molecule has 0 spiro atoms. The minimum atomic E-state index is -0.0287. The molecule has 0 aromatic heterocycles. The largest absolute Gasteiger partial charge is 0.493 e. The van der Waals surface area contributed by atoms with Gasteiger partial charge in [0.1, 0.15) is 5.75 Å². The van der Waals surface area contributed by atoms with Gasteiger partial charge in [-0.25, -0.2) is 0 Å². The second-order valence-corrected chi connectivity index (χ2v) is 10.1. The summed E-state index contributed by atoms with van der Waals surface area (Å²) >= 11 is 0. The van der Waals surface area contributed by atoms with Crippen LogP contribution in [0.1, 0.15) is 18.1 Å². The van der Waals surface area contributed by atoms with Gasteiger partial charge in [0.2, 0.25) is 5.75 Å². The van der Waals surface area contributed by atoms with Gasteiger partial charge in [0, 0.05) is 31.8 Å². The minimum absolute atomic E-state index is 0.0287. The van der Waals surface area contributed by atoms with E-state index in [-0.39, 0.29) is 5.91 Å². The Kier molecular flexibility index (Phi) is 9.52. The van der Waals surface area contributed by atoms with E-state index in [1.807, 2.05) is 78.6 Å². The number of carbonyl (C=O) groups is 1. The van der Waals surface area contributed by atoms with Crippen LogP contribution in [0, 0.1) is 0 Å². The van der Waals surface area contributed by atoms with Crippen LogP contribution in [0.4, 0.5) is 5.69 Å². The van der Waals surface area contributed by atoms with E-state index in [0.29, 0.717) is 55.6 Å². The van der Waals surface area contributed by atoms with Gasteiger partial charge >= 0.3 is 0 Å². The summed E-state index contributed by atoms with van der Waals surface area (Å²) in [6.07, 6.45) is 1.90. The Labute approximate surface area is 253 Å². The Bertz CT molecular complexity index is 1530. The van der Waals surface area contributed by atoms with Crippen LogP contribution in [0.2, 0.25) is 0 Å². The van der Waals surface area contributed by atoms with Gasteiger partial charge in [-0.1, -0.05) is 66.7 Å². The van der Waals surface area contributed by atoms with Crippen molar-refractivity contribution in [1.82, 2.24) is 4.90 Å². The lowest BCUT2D eigenvalue weighted by molar-refractivity contribution is -0.125. The van der Waals surface area contributed by atoms with Crippen molar-refractivity contribution in [2.45, 2.75) is 6.92 Å². The highest BCUT2D eigenvalue weighted by molar-refractivity contribution is 6.24. The summed E-state index contributed by atoms with van der Waals surface area (Å²) in [5.74, 6) is 2.40. The van der Waals surface area contributed by atoms with Crippen LogP contribution in [0.3, 0.4) is 0 Å². The van der Waals surface area contributed by atoms with Crippen LogP contribution in [0.25, 0.3) is 22.8 Å². The zero-order chi connectivity index (χ0) is 30.2. The number of rotatable bonds is 10. The maximum Gasteiger partial charge on any atom is 0.254 e. The topological polar surface area (TPSA) is 60.5 Å². The lowest BCUT2D eigenvalue weighted by atomic mass is 9.97. The Hall–Kier alpha value is -4.91. The Morgan fingerprint density at radius 1 is 0.721 bits per heavy atom. The maximum absolute atomic E-state index is 14.2. The van der Waals surface area contributed by atoms with Crippen molar-refractivity contribution in [3.8, 4) is 34.1 Å². The lowest BCUT2D eigenvalue weighted by Gasteiger charge is -2.37. The molecular weight excluding hydrogens is 540 g/mol. The molecule has 1 fully saturated rings. The molecule has 1 amide bonds. The summed E-state index contributed by atoms with van der Waals surface area (Å²) in [5.41, 5.74) is 5.47. The van der Waals surface area contributed by atoms with Crippen molar-refractivity contribution in [2.24, 2.45) is 0 Å². The normalized spacial score (nSPS) is 13.4. The molecule has 0 saturated carbocycles. The fraction of sp³-hybridized carbons (Fsp3) is 0.250. The monoisotopic (exact) mass is 578 g/mol. The van der Waals surface area contributed by atoms with Crippen LogP contribution in [-0.2, 0) is 4.79 Å². The molecule has 7 heteroatoms. The van der Waals surface area contributed by atoms with Gasteiger partial charge in [-0.2, -0.15) is 0 Å². The lowest BCUT2D eigenvalue weighted by Crippen LogP contribution is -2.49. The first kappa shape index (κ1) is 29.6. The highest BCUT2D eigenvalue weighted by Crippen LogP contribution is 2.39. The molecule has 0 radical (unpaired) electrons. The van der Waals surface area contributed by atoms with Gasteiger partial charge in [-0.15, -0.1) is 0 Å². The quantitative estimate of drug-likeness (QED) is 0.155. The van der Waals surface area contributed by atoms with Gasteiger partial charge in [-0.05, 0) is 59.5 Å². The van der Waals surface area contributed by atoms with Gasteiger partial charge in [0.05, 0.1) is 33.6 Å². The van der Waals surface area contributed by atoms with E-state index >= 15 is 0 Å². The van der Waals surface area contributed by atoms with E-state index < -0.39 is 0 Å². The molecular formula is C36H38N2O5. The first-order valence-corrected chi connectivity index (χ1v) is 14.5.